The molecule has 0 atom stereocenters. The fraction of sp³-hybridized carbons (Fsp3) is 0.571. The first-order valence-electron chi connectivity index (χ1n) is 6.17. The van der Waals surface area contributed by atoms with E-state index in [0.29, 0.717) is 11.1 Å². The lowest BCUT2D eigenvalue weighted by atomic mass is 9.84. The van der Waals surface area contributed by atoms with Gasteiger partial charge >= 0.3 is 0 Å². The van der Waals surface area contributed by atoms with Crippen molar-refractivity contribution in [2.24, 2.45) is 5.41 Å². The molecule has 1 aliphatic rings. The SMILES string of the molecule is CC1(C)CCCN(Cc2cccnc2C#N)C1. The largest absolute Gasteiger partial charge is 0.298 e. The number of aromatic nitrogens is 1. The van der Waals surface area contributed by atoms with Gasteiger partial charge in [-0.1, -0.05) is 19.9 Å². The molecular formula is C14H19N3. The molecule has 1 aromatic heterocycles. The lowest BCUT2D eigenvalue weighted by molar-refractivity contribution is 0.111. The van der Waals surface area contributed by atoms with Crippen molar-refractivity contribution in [3.63, 3.8) is 0 Å². The Balaban J connectivity index is 2.08. The van der Waals surface area contributed by atoms with Crippen molar-refractivity contribution in [1.82, 2.24) is 9.88 Å². The van der Waals surface area contributed by atoms with Crippen LogP contribution in [0.2, 0.25) is 0 Å². The molecule has 3 nitrogen and oxygen atoms in total. The van der Waals surface area contributed by atoms with E-state index in [1.165, 1.54) is 12.8 Å². The summed E-state index contributed by atoms with van der Waals surface area (Å²) in [6.07, 6.45) is 4.22. The third-order valence-corrected chi connectivity index (χ3v) is 3.37. The van der Waals surface area contributed by atoms with Gasteiger partial charge in [-0.3, -0.25) is 4.90 Å². The molecule has 0 aromatic carbocycles. The normalized spacial score (nSPS) is 19.8. The number of rotatable bonds is 2. The zero-order chi connectivity index (χ0) is 12.3. The van der Waals surface area contributed by atoms with E-state index in [2.05, 4.69) is 29.8 Å². The van der Waals surface area contributed by atoms with Crippen LogP contribution < -0.4 is 0 Å². The highest BCUT2D eigenvalue weighted by Gasteiger charge is 2.26. The van der Waals surface area contributed by atoms with Crippen LogP contribution in [0.1, 0.15) is 37.9 Å². The Morgan fingerprint density at radius 3 is 3.06 bits per heavy atom. The third-order valence-electron chi connectivity index (χ3n) is 3.37. The summed E-state index contributed by atoms with van der Waals surface area (Å²) in [6, 6.07) is 6.08. The lowest BCUT2D eigenvalue weighted by Gasteiger charge is -2.38. The average molecular weight is 229 g/mol. The van der Waals surface area contributed by atoms with Gasteiger partial charge in [-0.05, 0) is 30.9 Å². The summed E-state index contributed by atoms with van der Waals surface area (Å²) in [5.41, 5.74) is 2.01. The Bertz CT molecular complexity index is 431. The van der Waals surface area contributed by atoms with E-state index in [0.717, 1.165) is 25.2 Å². The summed E-state index contributed by atoms with van der Waals surface area (Å²) in [7, 11) is 0. The van der Waals surface area contributed by atoms with Gasteiger partial charge in [0.2, 0.25) is 0 Å². The molecule has 0 amide bonds. The molecule has 17 heavy (non-hydrogen) atoms. The van der Waals surface area contributed by atoms with Gasteiger partial charge < -0.3 is 0 Å². The number of nitrogens with zero attached hydrogens (tertiary/aromatic N) is 3. The number of likely N-dealkylation sites (tertiary alicyclic amines) is 1. The Labute approximate surface area is 103 Å². The fourth-order valence-corrected chi connectivity index (χ4v) is 2.59. The smallest absolute Gasteiger partial charge is 0.144 e. The molecule has 1 saturated heterocycles. The summed E-state index contributed by atoms with van der Waals surface area (Å²) in [5, 5.41) is 9.02. The van der Waals surface area contributed by atoms with Crippen molar-refractivity contribution in [2.75, 3.05) is 13.1 Å². The first kappa shape index (κ1) is 12.1. The summed E-state index contributed by atoms with van der Waals surface area (Å²) >= 11 is 0. The zero-order valence-electron chi connectivity index (χ0n) is 10.6. The summed E-state index contributed by atoms with van der Waals surface area (Å²) in [4.78, 5) is 6.54. The first-order valence-corrected chi connectivity index (χ1v) is 6.17. The van der Waals surface area contributed by atoms with Crippen LogP contribution in [0.4, 0.5) is 0 Å². The summed E-state index contributed by atoms with van der Waals surface area (Å²) in [6.45, 7) is 7.71. The molecule has 0 unspecified atom stereocenters. The van der Waals surface area contributed by atoms with Crippen molar-refractivity contribution >= 4 is 0 Å². The molecule has 2 heterocycles. The summed E-state index contributed by atoms with van der Waals surface area (Å²) in [5.74, 6) is 0. The van der Waals surface area contributed by atoms with Crippen LogP contribution in [0.15, 0.2) is 18.3 Å². The van der Waals surface area contributed by atoms with Gasteiger partial charge in [-0.2, -0.15) is 5.26 Å². The van der Waals surface area contributed by atoms with Gasteiger partial charge in [0.05, 0.1) is 0 Å². The van der Waals surface area contributed by atoms with Crippen LogP contribution in [-0.4, -0.2) is 23.0 Å². The minimum Gasteiger partial charge on any atom is -0.298 e. The maximum Gasteiger partial charge on any atom is 0.144 e. The highest BCUT2D eigenvalue weighted by atomic mass is 15.1. The highest BCUT2D eigenvalue weighted by Crippen LogP contribution is 2.29. The van der Waals surface area contributed by atoms with Crippen LogP contribution in [0.5, 0.6) is 0 Å². The molecule has 0 bridgehead atoms. The Hall–Kier alpha value is -1.40. The Kier molecular flexibility index (Phi) is 3.44. The van der Waals surface area contributed by atoms with Gasteiger partial charge in [0.25, 0.3) is 0 Å². The lowest BCUT2D eigenvalue weighted by Crippen LogP contribution is -2.39. The predicted octanol–water partition coefficient (Wildman–Crippen LogP) is 2.58. The monoisotopic (exact) mass is 229 g/mol. The van der Waals surface area contributed by atoms with Crippen molar-refractivity contribution in [3.8, 4) is 6.07 Å². The van der Waals surface area contributed by atoms with Crippen LogP contribution in [-0.2, 0) is 6.54 Å². The van der Waals surface area contributed by atoms with Crippen LogP contribution >= 0.6 is 0 Å². The predicted molar refractivity (Wildman–Crippen MR) is 67.2 cm³/mol. The van der Waals surface area contributed by atoms with Gasteiger partial charge in [-0.15, -0.1) is 0 Å². The molecule has 3 heteroatoms. The van der Waals surface area contributed by atoms with E-state index < -0.39 is 0 Å². The first-order chi connectivity index (χ1) is 8.11. The van der Waals surface area contributed by atoms with E-state index in [9.17, 15) is 0 Å². The van der Waals surface area contributed by atoms with E-state index in [4.69, 9.17) is 5.26 Å². The molecule has 1 aromatic rings. The molecule has 0 radical (unpaired) electrons. The van der Waals surface area contributed by atoms with Gasteiger partial charge in [0.1, 0.15) is 11.8 Å². The van der Waals surface area contributed by atoms with Crippen molar-refractivity contribution in [2.45, 2.75) is 33.2 Å². The maximum absolute atomic E-state index is 9.02. The molecule has 0 spiro atoms. The molecular weight excluding hydrogens is 210 g/mol. The van der Waals surface area contributed by atoms with Crippen molar-refractivity contribution < 1.29 is 0 Å². The number of pyridine rings is 1. The fourth-order valence-electron chi connectivity index (χ4n) is 2.59. The van der Waals surface area contributed by atoms with E-state index in [1.54, 1.807) is 6.20 Å². The van der Waals surface area contributed by atoms with Crippen molar-refractivity contribution in [3.05, 3.63) is 29.6 Å². The van der Waals surface area contributed by atoms with Crippen molar-refractivity contribution in [1.29, 1.82) is 5.26 Å². The van der Waals surface area contributed by atoms with Crippen LogP contribution in [0, 0.1) is 16.7 Å². The molecule has 0 N–H and O–H groups in total. The quantitative estimate of drug-likeness (QED) is 0.782. The highest BCUT2D eigenvalue weighted by molar-refractivity contribution is 5.30. The third kappa shape index (κ3) is 3.04. The van der Waals surface area contributed by atoms with Crippen LogP contribution in [0.25, 0.3) is 0 Å². The Morgan fingerprint density at radius 2 is 2.35 bits per heavy atom. The van der Waals surface area contributed by atoms with E-state index >= 15 is 0 Å². The molecule has 90 valence electrons. The molecule has 2 rings (SSSR count). The number of piperidine rings is 1. The van der Waals surface area contributed by atoms with Gasteiger partial charge in [0.15, 0.2) is 0 Å². The second-order valence-electron chi connectivity index (χ2n) is 5.60. The molecule has 0 saturated carbocycles. The van der Waals surface area contributed by atoms with E-state index in [-0.39, 0.29) is 0 Å². The van der Waals surface area contributed by atoms with Gasteiger partial charge in [-0.25, -0.2) is 4.98 Å². The van der Waals surface area contributed by atoms with Crippen LogP contribution in [0.3, 0.4) is 0 Å². The standard InChI is InChI=1S/C14H19N3/c1-14(2)6-4-8-17(11-14)10-12-5-3-7-16-13(12)9-15/h3,5,7H,4,6,8,10-11H2,1-2H3. The average Bonchev–Trinajstić information content (AvgIpc) is 2.28. The van der Waals surface area contributed by atoms with E-state index in [1.807, 2.05) is 12.1 Å². The number of hydrogen-bond donors (Lipinski definition) is 0. The Morgan fingerprint density at radius 1 is 1.53 bits per heavy atom. The second kappa shape index (κ2) is 4.85. The number of hydrogen-bond acceptors (Lipinski definition) is 3. The minimum atomic E-state index is 0.396. The topological polar surface area (TPSA) is 39.9 Å². The van der Waals surface area contributed by atoms with Gasteiger partial charge in [0, 0.05) is 24.8 Å². The zero-order valence-corrected chi connectivity index (χ0v) is 10.6. The minimum absolute atomic E-state index is 0.396. The maximum atomic E-state index is 9.02. The number of nitriles is 1. The molecule has 1 fully saturated rings. The molecule has 1 aliphatic heterocycles. The summed E-state index contributed by atoms with van der Waals surface area (Å²) < 4.78 is 0. The second-order valence-corrected chi connectivity index (χ2v) is 5.60. The molecule has 0 aliphatic carbocycles.